The van der Waals surface area contributed by atoms with E-state index in [-0.39, 0.29) is 17.8 Å². The van der Waals surface area contributed by atoms with E-state index >= 15 is 0 Å². The average Bonchev–Trinajstić information content (AvgIpc) is 2.93. The molecule has 3 nitrogen and oxygen atoms in total. The lowest BCUT2D eigenvalue weighted by molar-refractivity contribution is -0.151. The minimum absolute atomic E-state index is 0.214. The number of carbonyl (C=O) groups is 1. The van der Waals surface area contributed by atoms with E-state index in [9.17, 15) is 4.79 Å². The minimum atomic E-state index is -1.35. The highest BCUT2D eigenvalue weighted by Crippen LogP contribution is 2.62. The molecule has 3 fully saturated rings. The summed E-state index contributed by atoms with van der Waals surface area (Å²) < 4.78 is 11.8. The van der Waals surface area contributed by atoms with Crippen molar-refractivity contribution in [3.8, 4) is 0 Å². The summed E-state index contributed by atoms with van der Waals surface area (Å²) in [6, 6.07) is 0. The van der Waals surface area contributed by atoms with Crippen molar-refractivity contribution < 1.29 is 14.3 Å². The molecule has 23 heavy (non-hydrogen) atoms. The van der Waals surface area contributed by atoms with Crippen LogP contribution in [0.25, 0.3) is 0 Å². The van der Waals surface area contributed by atoms with Crippen LogP contribution in [0.1, 0.15) is 33.6 Å². The average molecular weight is 337 g/mol. The van der Waals surface area contributed by atoms with E-state index in [1.165, 1.54) is 5.57 Å². The highest BCUT2D eigenvalue weighted by molar-refractivity contribution is 6.81. The Morgan fingerprint density at radius 1 is 1.35 bits per heavy atom. The van der Waals surface area contributed by atoms with Gasteiger partial charge in [0.05, 0.1) is 13.5 Å². The van der Waals surface area contributed by atoms with E-state index in [1.54, 1.807) is 7.11 Å². The molecule has 0 aromatic carbocycles. The van der Waals surface area contributed by atoms with Gasteiger partial charge in [-0.1, -0.05) is 44.8 Å². The van der Waals surface area contributed by atoms with Crippen molar-refractivity contribution in [3.63, 3.8) is 0 Å². The topological polar surface area (TPSA) is 35.5 Å². The number of ketones is 1. The maximum atomic E-state index is 13.5. The molecule has 1 heterocycles. The molecule has 0 aromatic heterocycles. The summed E-state index contributed by atoms with van der Waals surface area (Å²) in [4.78, 5) is 13.5. The maximum absolute atomic E-state index is 13.5. The molecule has 130 valence electrons. The molecule has 0 unspecified atom stereocenters. The van der Waals surface area contributed by atoms with Crippen molar-refractivity contribution in [3.05, 3.63) is 11.3 Å². The van der Waals surface area contributed by atoms with Gasteiger partial charge in [0, 0.05) is 18.9 Å². The first kappa shape index (κ1) is 17.4. The van der Waals surface area contributed by atoms with Crippen LogP contribution in [-0.2, 0) is 14.3 Å². The van der Waals surface area contributed by atoms with Gasteiger partial charge in [0.25, 0.3) is 0 Å². The number of ether oxygens (including phenoxy) is 2. The van der Waals surface area contributed by atoms with E-state index in [4.69, 9.17) is 9.47 Å². The molecule has 2 saturated carbocycles. The Labute approximate surface area is 141 Å². The zero-order chi connectivity index (χ0) is 17.2. The summed E-state index contributed by atoms with van der Waals surface area (Å²) in [5, 5.41) is 0. The van der Waals surface area contributed by atoms with Gasteiger partial charge in [-0.3, -0.25) is 4.79 Å². The van der Waals surface area contributed by atoms with Crippen LogP contribution in [0.3, 0.4) is 0 Å². The fourth-order valence-corrected chi connectivity index (χ4v) is 6.96. The molecule has 1 aliphatic heterocycles. The summed E-state index contributed by atoms with van der Waals surface area (Å²) in [7, 11) is 0.371. The fraction of sp³-hybridized carbons (Fsp3) is 0.842. The number of rotatable bonds is 3. The van der Waals surface area contributed by atoms with Crippen molar-refractivity contribution in [1.29, 1.82) is 0 Å². The molecular formula is C19H32O3Si. The van der Waals surface area contributed by atoms with Crippen LogP contribution in [0.15, 0.2) is 11.3 Å². The van der Waals surface area contributed by atoms with Crippen LogP contribution < -0.4 is 0 Å². The number of hydrogen-bond donors (Lipinski definition) is 0. The van der Waals surface area contributed by atoms with Gasteiger partial charge in [-0.05, 0) is 31.6 Å². The third kappa shape index (κ3) is 2.49. The summed E-state index contributed by atoms with van der Waals surface area (Å²) in [6.07, 6.45) is 1.67. The Kier molecular flexibility index (Phi) is 4.18. The van der Waals surface area contributed by atoms with Gasteiger partial charge in [-0.2, -0.15) is 0 Å². The molecule has 0 N–H and O–H groups in total. The predicted octanol–water partition coefficient (Wildman–Crippen LogP) is 4.05. The Balaban J connectivity index is 2.07. The van der Waals surface area contributed by atoms with Gasteiger partial charge >= 0.3 is 0 Å². The van der Waals surface area contributed by atoms with Crippen molar-refractivity contribution in [1.82, 2.24) is 0 Å². The van der Waals surface area contributed by atoms with Gasteiger partial charge in [0.15, 0.2) is 12.1 Å². The molecule has 3 rings (SSSR count). The van der Waals surface area contributed by atoms with E-state index in [0.29, 0.717) is 29.5 Å². The van der Waals surface area contributed by atoms with Crippen molar-refractivity contribution in [2.45, 2.75) is 65.6 Å². The molecule has 2 bridgehead atoms. The number of allylic oxidation sites excluding steroid dienone is 1. The summed E-state index contributed by atoms with van der Waals surface area (Å²) in [6.45, 7) is 13.7. The molecule has 6 atom stereocenters. The van der Waals surface area contributed by atoms with E-state index in [0.717, 1.165) is 12.8 Å². The lowest BCUT2D eigenvalue weighted by Crippen LogP contribution is -2.52. The van der Waals surface area contributed by atoms with E-state index in [1.807, 2.05) is 0 Å². The molecule has 4 heteroatoms. The first-order valence-electron chi connectivity index (χ1n) is 9.06. The maximum Gasteiger partial charge on any atom is 0.172 e. The van der Waals surface area contributed by atoms with Crippen molar-refractivity contribution >= 4 is 13.9 Å². The largest absolute Gasteiger partial charge is 0.356 e. The highest BCUT2D eigenvalue weighted by Gasteiger charge is 2.66. The molecule has 3 aliphatic rings. The monoisotopic (exact) mass is 336 g/mol. The van der Waals surface area contributed by atoms with Crippen LogP contribution in [0.4, 0.5) is 0 Å². The number of Topliss-reactive ketones (excluding diaryl/α,β-unsaturated/α-hetero) is 1. The summed E-state index contributed by atoms with van der Waals surface area (Å²) >= 11 is 0. The standard InChI is InChI=1S/C19H32O3Si/c1-11(2)14-15-13-9-8-12(10-23(5,6)7)19(13,3)17(20)16(14)22-18(15)21-4/h10-11,13-16,18H,8-9H2,1-7H3/b12-10-/t13-,14-,15+,16+,18+,19-/m0/s1. The molecule has 2 aliphatic carbocycles. The van der Waals surface area contributed by atoms with Crippen LogP contribution >= 0.6 is 0 Å². The predicted molar refractivity (Wildman–Crippen MR) is 94.8 cm³/mol. The normalized spacial score (nSPS) is 45.1. The van der Waals surface area contributed by atoms with Crippen molar-refractivity contribution in [2.24, 2.45) is 29.1 Å². The minimum Gasteiger partial charge on any atom is -0.356 e. The third-order valence-electron chi connectivity index (χ3n) is 6.37. The Morgan fingerprint density at radius 2 is 2.00 bits per heavy atom. The second kappa shape index (κ2) is 5.53. The molecule has 0 radical (unpaired) electrons. The molecular weight excluding hydrogens is 304 g/mol. The first-order chi connectivity index (χ1) is 10.6. The van der Waals surface area contributed by atoms with Crippen LogP contribution in [-0.4, -0.2) is 33.4 Å². The number of methoxy groups -OCH3 is 1. The molecule has 1 saturated heterocycles. The zero-order valence-electron chi connectivity index (χ0n) is 15.7. The molecule has 0 spiro atoms. The SMILES string of the molecule is CO[C@@H]1O[C@H]2C(=O)[C@@]3(C)/C(=C\[Si](C)(C)C)CC[C@H]3[C@@H]1[C@@H]2C(C)C. The van der Waals surface area contributed by atoms with Crippen LogP contribution in [0, 0.1) is 29.1 Å². The quantitative estimate of drug-likeness (QED) is 0.729. The van der Waals surface area contributed by atoms with Crippen LogP contribution in [0.2, 0.25) is 19.6 Å². The Bertz CT molecular complexity index is 533. The highest BCUT2D eigenvalue weighted by atomic mass is 28.3. The van der Waals surface area contributed by atoms with Crippen LogP contribution in [0.5, 0.6) is 0 Å². The van der Waals surface area contributed by atoms with Gasteiger partial charge < -0.3 is 9.47 Å². The van der Waals surface area contributed by atoms with Gasteiger partial charge in [0.2, 0.25) is 0 Å². The second-order valence-electron chi connectivity index (χ2n) is 9.31. The lowest BCUT2D eigenvalue weighted by Gasteiger charge is -2.45. The number of fused-ring (bicyclic) bond motifs is 4. The van der Waals surface area contributed by atoms with E-state index in [2.05, 4.69) is 46.1 Å². The molecule has 0 amide bonds. The number of hydrogen-bond acceptors (Lipinski definition) is 3. The van der Waals surface area contributed by atoms with Gasteiger partial charge in [-0.15, -0.1) is 0 Å². The fourth-order valence-electron chi connectivity index (χ4n) is 5.47. The first-order valence-corrected chi connectivity index (χ1v) is 12.6. The zero-order valence-corrected chi connectivity index (χ0v) is 16.7. The third-order valence-corrected chi connectivity index (χ3v) is 7.58. The lowest BCUT2D eigenvalue weighted by atomic mass is 9.57. The second-order valence-corrected chi connectivity index (χ2v) is 14.3. The Hall–Kier alpha value is -0.453. The number of carbonyl (C=O) groups excluding carboxylic acids is 1. The Morgan fingerprint density at radius 3 is 2.52 bits per heavy atom. The van der Waals surface area contributed by atoms with Crippen molar-refractivity contribution in [2.75, 3.05) is 7.11 Å². The smallest absolute Gasteiger partial charge is 0.172 e. The molecule has 0 aromatic rings. The van der Waals surface area contributed by atoms with Gasteiger partial charge in [-0.25, -0.2) is 0 Å². The summed E-state index contributed by atoms with van der Waals surface area (Å²) in [5.74, 6) is 1.79. The van der Waals surface area contributed by atoms with E-state index < -0.39 is 8.07 Å². The van der Waals surface area contributed by atoms with Gasteiger partial charge in [0.1, 0.15) is 6.10 Å². The summed E-state index contributed by atoms with van der Waals surface area (Å²) in [5.41, 5.74) is 3.54.